The second-order valence-electron chi connectivity index (χ2n) is 4.51. The summed E-state index contributed by atoms with van der Waals surface area (Å²) in [4.78, 5) is 44.9. The van der Waals surface area contributed by atoms with E-state index in [2.05, 4.69) is 20.7 Å². The molecule has 1 unspecified atom stereocenters. The molecule has 0 saturated heterocycles. The third kappa shape index (κ3) is 7.68. The highest BCUT2D eigenvalue weighted by molar-refractivity contribution is 9.10. The number of methoxy groups -OCH3 is 1. The van der Waals surface area contributed by atoms with Crippen LogP contribution in [-0.2, 0) is 28.7 Å². The van der Waals surface area contributed by atoms with Crippen molar-refractivity contribution in [2.75, 3.05) is 13.7 Å². The Kier molecular flexibility index (Phi) is 8.42. The zero-order valence-corrected chi connectivity index (χ0v) is 14.4. The Hall–Kier alpha value is -2.48. The van der Waals surface area contributed by atoms with E-state index in [1.54, 1.807) is 24.3 Å². The van der Waals surface area contributed by atoms with Gasteiger partial charge in [0.15, 0.2) is 0 Å². The molecule has 0 amide bonds. The average molecular weight is 399 g/mol. The van der Waals surface area contributed by atoms with Crippen molar-refractivity contribution in [2.24, 2.45) is 5.92 Å². The summed E-state index contributed by atoms with van der Waals surface area (Å²) in [6, 6.07) is 6.59. The number of ether oxygens (including phenoxy) is 3. The van der Waals surface area contributed by atoms with Gasteiger partial charge in [-0.05, 0) is 24.3 Å². The number of benzene rings is 1. The largest absolute Gasteiger partial charge is 0.466 e. The van der Waals surface area contributed by atoms with E-state index < -0.39 is 23.8 Å². The van der Waals surface area contributed by atoms with Gasteiger partial charge >= 0.3 is 17.9 Å². The number of hydrogen-bond donors (Lipinski definition) is 0. The minimum atomic E-state index is -0.844. The maximum atomic E-state index is 11.8. The maximum Gasteiger partial charge on any atom is 0.331 e. The SMILES string of the molecule is COC(=O)/C=C/C(=O)OCC(C=O)CC(=O)Oc1ccc(Br)cc1. The Morgan fingerprint density at radius 2 is 1.75 bits per heavy atom. The fourth-order valence-corrected chi connectivity index (χ4v) is 1.74. The fourth-order valence-electron chi connectivity index (χ4n) is 1.48. The smallest absolute Gasteiger partial charge is 0.331 e. The van der Waals surface area contributed by atoms with Crippen LogP contribution in [-0.4, -0.2) is 37.9 Å². The molecule has 0 radical (unpaired) electrons. The highest BCUT2D eigenvalue weighted by atomic mass is 79.9. The second kappa shape index (κ2) is 10.3. The molecular weight excluding hydrogens is 384 g/mol. The van der Waals surface area contributed by atoms with E-state index in [1.165, 1.54) is 0 Å². The van der Waals surface area contributed by atoms with Gasteiger partial charge in [-0.15, -0.1) is 0 Å². The molecule has 24 heavy (non-hydrogen) atoms. The monoisotopic (exact) mass is 398 g/mol. The number of hydrogen-bond acceptors (Lipinski definition) is 7. The normalized spacial score (nSPS) is 11.6. The first-order chi connectivity index (χ1) is 11.4. The van der Waals surface area contributed by atoms with Gasteiger partial charge in [-0.25, -0.2) is 9.59 Å². The van der Waals surface area contributed by atoms with Crippen molar-refractivity contribution in [3.05, 3.63) is 40.9 Å². The van der Waals surface area contributed by atoms with Crippen LogP contribution < -0.4 is 4.74 Å². The molecule has 0 bridgehead atoms. The first kappa shape index (κ1) is 19.6. The minimum Gasteiger partial charge on any atom is -0.466 e. The molecule has 1 aromatic carbocycles. The van der Waals surface area contributed by atoms with Gasteiger partial charge in [-0.3, -0.25) is 4.79 Å². The first-order valence-corrected chi connectivity index (χ1v) is 7.58. The van der Waals surface area contributed by atoms with Crippen LogP contribution in [0, 0.1) is 5.92 Å². The lowest BCUT2D eigenvalue weighted by atomic mass is 10.1. The Morgan fingerprint density at radius 3 is 2.33 bits per heavy atom. The van der Waals surface area contributed by atoms with Gasteiger partial charge in [-0.1, -0.05) is 15.9 Å². The Morgan fingerprint density at radius 1 is 1.12 bits per heavy atom. The highest BCUT2D eigenvalue weighted by Crippen LogP contribution is 2.17. The molecule has 0 spiro atoms. The third-order valence-electron chi connectivity index (χ3n) is 2.66. The summed E-state index contributed by atoms with van der Waals surface area (Å²) in [5.74, 6) is -2.67. The number of rotatable bonds is 8. The van der Waals surface area contributed by atoms with Crippen LogP contribution in [0.1, 0.15) is 6.42 Å². The van der Waals surface area contributed by atoms with Crippen LogP contribution in [0.5, 0.6) is 5.75 Å². The summed E-state index contributed by atoms with van der Waals surface area (Å²) < 4.78 is 15.0. The van der Waals surface area contributed by atoms with Crippen molar-refractivity contribution in [1.29, 1.82) is 0 Å². The van der Waals surface area contributed by atoms with E-state index in [-0.39, 0.29) is 13.0 Å². The number of esters is 3. The lowest BCUT2D eigenvalue weighted by molar-refractivity contribution is -0.144. The van der Waals surface area contributed by atoms with Crippen LogP contribution in [0.25, 0.3) is 0 Å². The highest BCUT2D eigenvalue weighted by Gasteiger charge is 2.17. The molecule has 0 saturated carbocycles. The minimum absolute atomic E-state index is 0.243. The maximum absolute atomic E-state index is 11.8. The number of aldehydes is 1. The van der Waals surface area contributed by atoms with Gasteiger partial charge in [-0.2, -0.15) is 0 Å². The van der Waals surface area contributed by atoms with E-state index in [4.69, 9.17) is 9.47 Å². The Labute approximate surface area is 146 Å². The summed E-state index contributed by atoms with van der Waals surface area (Å²) in [6.45, 7) is -0.302. The second-order valence-corrected chi connectivity index (χ2v) is 5.43. The van der Waals surface area contributed by atoms with E-state index >= 15 is 0 Å². The van der Waals surface area contributed by atoms with Gasteiger partial charge in [0, 0.05) is 16.6 Å². The molecule has 1 aromatic rings. The third-order valence-corrected chi connectivity index (χ3v) is 3.19. The molecule has 1 rings (SSSR count). The van der Waals surface area contributed by atoms with Gasteiger partial charge in [0.1, 0.15) is 18.6 Å². The lowest BCUT2D eigenvalue weighted by Gasteiger charge is -2.10. The van der Waals surface area contributed by atoms with E-state index in [1.807, 2.05) is 0 Å². The van der Waals surface area contributed by atoms with Crippen molar-refractivity contribution in [1.82, 2.24) is 0 Å². The number of carbonyl (C=O) groups excluding carboxylic acids is 4. The molecule has 7 nitrogen and oxygen atoms in total. The lowest BCUT2D eigenvalue weighted by Crippen LogP contribution is -2.20. The van der Waals surface area contributed by atoms with Crippen molar-refractivity contribution in [2.45, 2.75) is 6.42 Å². The molecule has 0 aliphatic carbocycles. The topological polar surface area (TPSA) is 96.0 Å². The fraction of sp³-hybridized carbons (Fsp3) is 0.250. The summed E-state index contributed by atoms with van der Waals surface area (Å²) in [7, 11) is 1.16. The first-order valence-electron chi connectivity index (χ1n) is 6.79. The van der Waals surface area contributed by atoms with Gasteiger partial charge in [0.2, 0.25) is 0 Å². The van der Waals surface area contributed by atoms with Crippen molar-refractivity contribution in [3.63, 3.8) is 0 Å². The summed E-state index contributed by atoms with van der Waals surface area (Å²) in [5.41, 5.74) is 0. The van der Waals surface area contributed by atoms with E-state index in [0.29, 0.717) is 12.0 Å². The van der Waals surface area contributed by atoms with Gasteiger partial charge in [0.05, 0.1) is 19.4 Å². The number of carbonyl (C=O) groups is 4. The standard InChI is InChI=1S/C16H15BrO7/c1-22-14(19)6-7-15(20)23-10-11(9-18)8-16(21)24-13-4-2-12(17)3-5-13/h2-7,9,11H,8,10H2,1H3/b7-6+. The van der Waals surface area contributed by atoms with E-state index in [0.717, 1.165) is 23.7 Å². The van der Waals surface area contributed by atoms with Gasteiger partial charge in [0.25, 0.3) is 0 Å². The number of halogens is 1. The molecule has 0 aliphatic rings. The van der Waals surface area contributed by atoms with Crippen molar-refractivity contribution < 1.29 is 33.4 Å². The predicted octanol–water partition coefficient (Wildman–Crippen LogP) is 1.83. The molecule has 0 fully saturated rings. The molecule has 1 atom stereocenters. The average Bonchev–Trinajstić information content (AvgIpc) is 2.58. The molecular formula is C16H15BrO7. The van der Waals surface area contributed by atoms with Crippen LogP contribution in [0.2, 0.25) is 0 Å². The summed E-state index contributed by atoms with van der Waals surface area (Å²) in [5, 5.41) is 0. The molecule has 128 valence electrons. The van der Waals surface area contributed by atoms with Crippen LogP contribution in [0.4, 0.5) is 0 Å². The van der Waals surface area contributed by atoms with Gasteiger partial charge < -0.3 is 19.0 Å². The Bertz CT molecular complexity index is 622. The Balaban J connectivity index is 2.43. The van der Waals surface area contributed by atoms with Crippen LogP contribution in [0.3, 0.4) is 0 Å². The molecule has 0 heterocycles. The van der Waals surface area contributed by atoms with E-state index in [9.17, 15) is 19.2 Å². The molecule has 8 heteroatoms. The zero-order valence-electron chi connectivity index (χ0n) is 12.8. The summed E-state index contributed by atoms with van der Waals surface area (Å²) in [6.07, 6.45) is 2.02. The zero-order chi connectivity index (χ0) is 17.9. The van der Waals surface area contributed by atoms with Crippen LogP contribution in [0.15, 0.2) is 40.9 Å². The quantitative estimate of drug-likeness (QED) is 0.285. The molecule has 0 N–H and O–H groups in total. The summed E-state index contributed by atoms with van der Waals surface area (Å²) >= 11 is 3.25. The van der Waals surface area contributed by atoms with Crippen molar-refractivity contribution in [3.8, 4) is 5.75 Å². The van der Waals surface area contributed by atoms with Crippen LogP contribution >= 0.6 is 15.9 Å². The van der Waals surface area contributed by atoms with Crippen molar-refractivity contribution >= 4 is 40.1 Å². The predicted molar refractivity (Wildman–Crippen MR) is 86.1 cm³/mol. The molecule has 0 aliphatic heterocycles. The molecule has 0 aromatic heterocycles.